The molecule has 10 heteroatoms. The maximum Gasteiger partial charge on any atom is 0.243 e. The van der Waals surface area contributed by atoms with Gasteiger partial charge in [-0.3, -0.25) is 0 Å². The molecule has 3 aromatic rings. The highest BCUT2D eigenvalue weighted by Crippen LogP contribution is 2.42. The number of methoxy groups -OCH3 is 1. The Kier molecular flexibility index (Phi) is 7.08. The zero-order valence-electron chi connectivity index (χ0n) is 18.9. The first-order chi connectivity index (χ1) is 15.8. The molecule has 0 fully saturated rings. The molecule has 2 heterocycles. The fourth-order valence-corrected chi connectivity index (χ4v) is 4.22. The van der Waals surface area contributed by atoms with Crippen molar-refractivity contribution in [1.82, 2.24) is 14.9 Å². The summed E-state index contributed by atoms with van der Waals surface area (Å²) in [6.45, 7) is 5.79. The van der Waals surface area contributed by atoms with E-state index >= 15 is 0 Å². The highest BCUT2D eigenvalue weighted by Gasteiger charge is 2.18. The number of benzene rings is 2. The average molecular weight is 489 g/mol. The lowest BCUT2D eigenvalue weighted by Crippen LogP contribution is -2.26. The monoisotopic (exact) mass is 488 g/mol. The minimum atomic E-state index is -0.727. The SMILES string of the molecule is COc1cc2c(cc1Nc1ncc(Cl)c(Oc3ccc(O)cc3OP(C)C)n1)CN(C)CC2. The lowest BCUT2D eigenvalue weighted by Gasteiger charge is -2.26. The van der Waals surface area contributed by atoms with Crippen LogP contribution in [0.2, 0.25) is 5.02 Å². The molecule has 4 rings (SSSR count). The van der Waals surface area contributed by atoms with E-state index in [9.17, 15) is 5.11 Å². The van der Waals surface area contributed by atoms with Crippen LogP contribution in [0.5, 0.6) is 28.9 Å². The molecule has 0 bridgehead atoms. The summed E-state index contributed by atoms with van der Waals surface area (Å²) in [5, 5.41) is 13.3. The quantitative estimate of drug-likeness (QED) is 0.427. The Labute approximate surface area is 199 Å². The first kappa shape index (κ1) is 23.4. The molecule has 2 N–H and O–H groups in total. The predicted octanol–water partition coefficient (Wildman–Crippen LogP) is 5.40. The summed E-state index contributed by atoms with van der Waals surface area (Å²) in [5.41, 5.74) is 3.28. The van der Waals surface area contributed by atoms with Crippen LogP contribution in [0.4, 0.5) is 11.6 Å². The molecule has 1 aliphatic heterocycles. The van der Waals surface area contributed by atoms with E-state index in [1.54, 1.807) is 13.2 Å². The number of nitrogens with zero attached hydrogens (tertiary/aromatic N) is 3. The third-order valence-electron chi connectivity index (χ3n) is 5.10. The number of aromatic hydroxyl groups is 1. The van der Waals surface area contributed by atoms with Crippen LogP contribution in [-0.2, 0) is 13.0 Å². The number of anilines is 2. The topological polar surface area (TPSA) is 89.0 Å². The second kappa shape index (κ2) is 10.00. The second-order valence-corrected chi connectivity index (χ2v) is 10.1. The van der Waals surface area contributed by atoms with Crippen LogP contribution < -0.4 is 19.3 Å². The van der Waals surface area contributed by atoms with E-state index in [1.165, 1.54) is 29.5 Å². The van der Waals surface area contributed by atoms with Crippen molar-refractivity contribution >= 4 is 31.4 Å². The summed E-state index contributed by atoms with van der Waals surface area (Å²) in [4.78, 5) is 11.0. The van der Waals surface area contributed by atoms with Crippen LogP contribution >= 0.6 is 19.7 Å². The van der Waals surface area contributed by atoms with E-state index in [0.717, 1.165) is 25.2 Å². The molecular formula is C23H26ClN4O4P. The van der Waals surface area contributed by atoms with Crippen molar-refractivity contribution in [1.29, 1.82) is 0 Å². The summed E-state index contributed by atoms with van der Waals surface area (Å²) in [6.07, 6.45) is 2.45. The molecule has 0 saturated heterocycles. The van der Waals surface area contributed by atoms with Gasteiger partial charge in [-0.2, -0.15) is 4.98 Å². The van der Waals surface area contributed by atoms with Gasteiger partial charge in [-0.1, -0.05) is 11.6 Å². The van der Waals surface area contributed by atoms with E-state index in [4.69, 9.17) is 25.6 Å². The normalized spacial score (nSPS) is 13.5. The van der Waals surface area contributed by atoms with Crippen molar-refractivity contribution < 1.29 is 19.1 Å². The number of halogens is 1. The van der Waals surface area contributed by atoms with Gasteiger partial charge >= 0.3 is 0 Å². The van der Waals surface area contributed by atoms with Gasteiger partial charge in [0.15, 0.2) is 11.5 Å². The number of nitrogens with one attached hydrogen (secondary N) is 1. The largest absolute Gasteiger partial charge is 0.508 e. The number of phenols is 1. The predicted molar refractivity (Wildman–Crippen MR) is 131 cm³/mol. The van der Waals surface area contributed by atoms with Crippen LogP contribution in [0.25, 0.3) is 0 Å². The van der Waals surface area contributed by atoms with Crippen LogP contribution in [-0.4, -0.2) is 54.0 Å². The van der Waals surface area contributed by atoms with Crippen molar-refractivity contribution in [3.63, 3.8) is 0 Å². The van der Waals surface area contributed by atoms with Gasteiger partial charge in [0.1, 0.15) is 16.5 Å². The zero-order chi connectivity index (χ0) is 23.5. The van der Waals surface area contributed by atoms with E-state index in [-0.39, 0.29) is 16.7 Å². The highest BCUT2D eigenvalue weighted by atomic mass is 35.5. The van der Waals surface area contributed by atoms with Gasteiger partial charge in [-0.05, 0) is 62.2 Å². The molecule has 2 aromatic carbocycles. The molecule has 0 radical (unpaired) electrons. The smallest absolute Gasteiger partial charge is 0.243 e. The van der Waals surface area contributed by atoms with Crippen molar-refractivity contribution in [2.75, 3.05) is 39.3 Å². The van der Waals surface area contributed by atoms with Gasteiger partial charge in [-0.25, -0.2) is 4.98 Å². The summed E-state index contributed by atoms with van der Waals surface area (Å²) >= 11 is 6.31. The molecule has 0 spiro atoms. The Morgan fingerprint density at radius 2 is 1.94 bits per heavy atom. The van der Waals surface area contributed by atoms with Gasteiger partial charge in [0.05, 0.1) is 27.1 Å². The average Bonchev–Trinajstić information content (AvgIpc) is 2.77. The number of ether oxygens (including phenoxy) is 2. The Morgan fingerprint density at radius 1 is 1.12 bits per heavy atom. The van der Waals surface area contributed by atoms with Gasteiger partial charge in [0, 0.05) is 19.2 Å². The maximum atomic E-state index is 9.82. The number of phenolic OH excluding ortho intramolecular Hbond substituents is 1. The molecule has 0 amide bonds. The molecule has 33 heavy (non-hydrogen) atoms. The molecular weight excluding hydrogens is 463 g/mol. The number of fused-ring (bicyclic) bond motifs is 1. The van der Waals surface area contributed by atoms with E-state index in [2.05, 4.69) is 39.4 Å². The molecule has 0 saturated carbocycles. The Balaban J connectivity index is 1.62. The Hall–Kier alpha value is -2.80. The van der Waals surface area contributed by atoms with Crippen molar-refractivity contribution in [2.24, 2.45) is 0 Å². The minimum Gasteiger partial charge on any atom is -0.508 e. The highest BCUT2D eigenvalue weighted by molar-refractivity contribution is 7.51. The Bertz CT molecular complexity index is 1160. The zero-order valence-corrected chi connectivity index (χ0v) is 20.6. The van der Waals surface area contributed by atoms with E-state index in [1.807, 2.05) is 13.3 Å². The summed E-state index contributed by atoms with van der Waals surface area (Å²) < 4.78 is 17.4. The molecule has 1 aliphatic rings. The maximum absolute atomic E-state index is 9.82. The van der Waals surface area contributed by atoms with Crippen molar-refractivity contribution in [3.8, 4) is 28.9 Å². The molecule has 1 aromatic heterocycles. The standard InChI is InChI=1S/C23H26ClN4O4P/c1-28-8-7-14-10-20(30-2)18(9-15(14)13-28)26-23-25-12-17(24)22(27-23)31-19-6-5-16(29)11-21(19)32-33(3)4/h5-6,9-12,29H,7-8,13H2,1-4H3,(H,25,26,27). The fraction of sp³-hybridized carbons (Fsp3) is 0.304. The summed E-state index contributed by atoms with van der Waals surface area (Å²) in [5.74, 6) is 2.08. The van der Waals surface area contributed by atoms with Crippen LogP contribution in [0, 0.1) is 0 Å². The lowest BCUT2D eigenvalue weighted by atomic mass is 9.99. The van der Waals surface area contributed by atoms with Gasteiger partial charge < -0.3 is 29.3 Å². The number of aromatic nitrogens is 2. The number of hydrogen-bond acceptors (Lipinski definition) is 8. The van der Waals surface area contributed by atoms with Crippen LogP contribution in [0.3, 0.4) is 0 Å². The fourth-order valence-electron chi connectivity index (χ4n) is 3.55. The van der Waals surface area contributed by atoms with Gasteiger partial charge in [0.2, 0.25) is 11.8 Å². The lowest BCUT2D eigenvalue weighted by molar-refractivity contribution is 0.312. The number of likely N-dealkylation sites (N-methyl/N-ethyl adjacent to an activating group) is 1. The minimum absolute atomic E-state index is 0.0792. The Morgan fingerprint density at radius 3 is 2.70 bits per heavy atom. The van der Waals surface area contributed by atoms with Crippen molar-refractivity contribution in [2.45, 2.75) is 13.0 Å². The van der Waals surface area contributed by atoms with Crippen LogP contribution in [0.1, 0.15) is 11.1 Å². The third-order valence-corrected chi connectivity index (χ3v) is 5.92. The van der Waals surface area contributed by atoms with Gasteiger partial charge in [0.25, 0.3) is 0 Å². The second-order valence-electron chi connectivity index (χ2n) is 7.92. The molecule has 0 aliphatic carbocycles. The van der Waals surface area contributed by atoms with E-state index in [0.29, 0.717) is 23.2 Å². The number of rotatable bonds is 7. The van der Waals surface area contributed by atoms with Crippen LogP contribution in [0.15, 0.2) is 36.5 Å². The third kappa shape index (κ3) is 5.58. The number of hydrogen-bond donors (Lipinski definition) is 2. The molecule has 0 unspecified atom stereocenters. The molecule has 0 atom stereocenters. The first-order valence-electron chi connectivity index (χ1n) is 10.4. The molecule has 8 nitrogen and oxygen atoms in total. The van der Waals surface area contributed by atoms with Gasteiger partial charge in [-0.15, -0.1) is 0 Å². The summed E-state index contributed by atoms with van der Waals surface area (Å²) in [6, 6.07) is 8.75. The first-order valence-corrected chi connectivity index (χ1v) is 12.9. The van der Waals surface area contributed by atoms with E-state index < -0.39 is 8.15 Å². The summed E-state index contributed by atoms with van der Waals surface area (Å²) in [7, 11) is 3.02. The molecule has 174 valence electrons. The van der Waals surface area contributed by atoms with Crippen molar-refractivity contribution in [3.05, 3.63) is 52.7 Å².